The van der Waals surface area contributed by atoms with Crippen molar-refractivity contribution in [3.05, 3.63) is 18.2 Å². The van der Waals surface area contributed by atoms with Crippen LogP contribution in [0.15, 0.2) is 12.4 Å². The predicted octanol–water partition coefficient (Wildman–Crippen LogP) is 0.977. The van der Waals surface area contributed by atoms with E-state index in [9.17, 15) is 0 Å². The largest absolute Gasteiger partial charge is 0.385 e. The van der Waals surface area contributed by atoms with E-state index in [1.165, 1.54) is 0 Å². The van der Waals surface area contributed by atoms with Crippen molar-refractivity contribution in [1.29, 1.82) is 0 Å². The van der Waals surface area contributed by atoms with Crippen molar-refractivity contribution in [3.8, 4) is 0 Å². The van der Waals surface area contributed by atoms with E-state index in [0.29, 0.717) is 6.04 Å². The molecule has 4 heteroatoms. The molecule has 0 saturated carbocycles. The van der Waals surface area contributed by atoms with E-state index >= 15 is 0 Å². The molecule has 0 spiro atoms. The molecular weight excluding hydrogens is 190 g/mol. The van der Waals surface area contributed by atoms with Gasteiger partial charge in [0.2, 0.25) is 0 Å². The van der Waals surface area contributed by atoms with E-state index in [4.69, 9.17) is 4.74 Å². The van der Waals surface area contributed by atoms with Gasteiger partial charge in [0.1, 0.15) is 5.82 Å². The number of hydrogen-bond donors (Lipinski definition) is 1. The Morgan fingerprint density at radius 2 is 2.40 bits per heavy atom. The van der Waals surface area contributed by atoms with Crippen LogP contribution in [0.4, 0.5) is 0 Å². The number of rotatable bonds is 7. The van der Waals surface area contributed by atoms with Gasteiger partial charge in [0.15, 0.2) is 0 Å². The lowest BCUT2D eigenvalue weighted by molar-refractivity contribution is 0.182. The Kier molecular flexibility index (Phi) is 5.36. The van der Waals surface area contributed by atoms with Crippen molar-refractivity contribution in [2.75, 3.05) is 20.3 Å². The number of nitrogens with one attached hydrogen (secondary N) is 1. The molecule has 1 N–H and O–H groups in total. The van der Waals surface area contributed by atoms with Gasteiger partial charge in [-0.05, 0) is 13.0 Å². The van der Waals surface area contributed by atoms with Crippen LogP contribution in [0.25, 0.3) is 0 Å². The molecule has 1 heterocycles. The van der Waals surface area contributed by atoms with E-state index in [2.05, 4.69) is 21.8 Å². The van der Waals surface area contributed by atoms with Crippen LogP contribution in [-0.4, -0.2) is 35.9 Å². The molecule has 0 amide bonds. The number of aryl methyl sites for hydroxylation is 1. The Morgan fingerprint density at radius 1 is 1.60 bits per heavy atom. The second-order valence-electron chi connectivity index (χ2n) is 3.69. The highest BCUT2D eigenvalue weighted by atomic mass is 16.5. The first-order chi connectivity index (χ1) is 7.27. The highest BCUT2D eigenvalue weighted by molar-refractivity contribution is 4.94. The molecule has 1 aromatic heterocycles. The van der Waals surface area contributed by atoms with E-state index in [1.807, 2.05) is 19.4 Å². The fraction of sp³-hybridized carbons (Fsp3) is 0.727. The summed E-state index contributed by atoms with van der Waals surface area (Å²) in [7, 11) is 3.77. The Bertz CT molecular complexity index is 273. The van der Waals surface area contributed by atoms with Crippen LogP contribution in [-0.2, 0) is 18.2 Å². The topological polar surface area (TPSA) is 39.1 Å². The minimum Gasteiger partial charge on any atom is -0.385 e. The quantitative estimate of drug-likeness (QED) is 0.730. The number of ether oxygens (including phenoxy) is 1. The summed E-state index contributed by atoms with van der Waals surface area (Å²) in [4.78, 5) is 4.33. The number of imidazole rings is 1. The summed E-state index contributed by atoms with van der Waals surface area (Å²) in [5, 5.41) is 3.45. The molecule has 1 aromatic rings. The molecule has 0 radical (unpaired) electrons. The van der Waals surface area contributed by atoms with Gasteiger partial charge < -0.3 is 14.6 Å². The molecular formula is C11H21N3O. The number of nitrogens with zero attached hydrogens (tertiary/aromatic N) is 2. The molecule has 0 saturated heterocycles. The minimum atomic E-state index is 0.455. The van der Waals surface area contributed by atoms with Gasteiger partial charge in [-0.1, -0.05) is 6.92 Å². The van der Waals surface area contributed by atoms with Crippen LogP contribution in [0, 0.1) is 0 Å². The molecule has 15 heavy (non-hydrogen) atoms. The van der Waals surface area contributed by atoms with E-state index in [1.54, 1.807) is 7.11 Å². The average Bonchev–Trinajstić information content (AvgIpc) is 2.61. The first-order valence-electron chi connectivity index (χ1n) is 5.46. The highest BCUT2D eigenvalue weighted by Gasteiger charge is 2.10. The van der Waals surface area contributed by atoms with Gasteiger partial charge in [-0.25, -0.2) is 4.98 Å². The zero-order valence-corrected chi connectivity index (χ0v) is 9.86. The third-order valence-corrected chi connectivity index (χ3v) is 2.51. The molecule has 0 bridgehead atoms. The standard InChI is InChI=1S/C11H21N3O/c1-4-12-10(5-8-15-3)9-11-13-6-7-14(11)2/h6-7,10,12H,4-5,8-9H2,1-3H3. The zero-order chi connectivity index (χ0) is 11.1. The van der Waals surface area contributed by atoms with Gasteiger partial charge in [0.25, 0.3) is 0 Å². The summed E-state index contributed by atoms with van der Waals surface area (Å²) in [6, 6.07) is 0.455. The molecule has 0 aliphatic carbocycles. The van der Waals surface area contributed by atoms with Crippen molar-refractivity contribution >= 4 is 0 Å². The van der Waals surface area contributed by atoms with Gasteiger partial charge in [-0.2, -0.15) is 0 Å². The third kappa shape index (κ3) is 4.01. The minimum absolute atomic E-state index is 0.455. The van der Waals surface area contributed by atoms with Crippen LogP contribution in [0.1, 0.15) is 19.2 Å². The Balaban J connectivity index is 2.46. The summed E-state index contributed by atoms with van der Waals surface area (Å²) >= 11 is 0. The fourth-order valence-electron chi connectivity index (χ4n) is 1.64. The molecule has 0 aromatic carbocycles. The van der Waals surface area contributed by atoms with Crippen molar-refractivity contribution in [2.24, 2.45) is 7.05 Å². The first kappa shape index (κ1) is 12.2. The molecule has 1 rings (SSSR count). The first-order valence-corrected chi connectivity index (χ1v) is 5.46. The second kappa shape index (κ2) is 6.58. The molecule has 4 nitrogen and oxygen atoms in total. The lowest BCUT2D eigenvalue weighted by Crippen LogP contribution is -2.32. The summed E-state index contributed by atoms with van der Waals surface area (Å²) < 4.78 is 7.17. The Morgan fingerprint density at radius 3 is 2.93 bits per heavy atom. The summed E-state index contributed by atoms with van der Waals surface area (Å²) in [5.41, 5.74) is 0. The SMILES string of the molecule is CCNC(CCOC)Cc1nccn1C. The van der Waals surface area contributed by atoms with E-state index in [0.717, 1.165) is 31.8 Å². The molecule has 86 valence electrons. The molecule has 0 fully saturated rings. The summed E-state index contributed by atoms with van der Waals surface area (Å²) in [6.45, 7) is 3.90. The fourth-order valence-corrected chi connectivity index (χ4v) is 1.64. The molecule has 0 aliphatic rings. The van der Waals surface area contributed by atoms with Gasteiger partial charge >= 0.3 is 0 Å². The predicted molar refractivity (Wildman–Crippen MR) is 60.9 cm³/mol. The van der Waals surface area contributed by atoms with Gasteiger partial charge in [0.05, 0.1) is 0 Å². The maximum absolute atomic E-state index is 5.10. The maximum atomic E-state index is 5.10. The maximum Gasteiger partial charge on any atom is 0.109 e. The van der Waals surface area contributed by atoms with Crippen molar-refractivity contribution in [1.82, 2.24) is 14.9 Å². The number of aromatic nitrogens is 2. The number of likely N-dealkylation sites (N-methyl/N-ethyl adjacent to an activating group) is 1. The van der Waals surface area contributed by atoms with Crippen LogP contribution in [0.5, 0.6) is 0 Å². The van der Waals surface area contributed by atoms with Crippen molar-refractivity contribution < 1.29 is 4.74 Å². The van der Waals surface area contributed by atoms with Crippen molar-refractivity contribution in [2.45, 2.75) is 25.8 Å². The highest BCUT2D eigenvalue weighted by Crippen LogP contribution is 2.03. The molecule has 1 atom stereocenters. The third-order valence-electron chi connectivity index (χ3n) is 2.51. The van der Waals surface area contributed by atoms with Gasteiger partial charge in [-0.15, -0.1) is 0 Å². The van der Waals surface area contributed by atoms with Gasteiger partial charge in [0, 0.05) is 45.6 Å². The van der Waals surface area contributed by atoms with Crippen molar-refractivity contribution in [3.63, 3.8) is 0 Å². The van der Waals surface area contributed by atoms with Crippen LogP contribution < -0.4 is 5.32 Å². The average molecular weight is 211 g/mol. The summed E-state index contributed by atoms with van der Waals surface area (Å²) in [6.07, 6.45) is 5.81. The molecule has 0 aliphatic heterocycles. The van der Waals surface area contributed by atoms with E-state index < -0.39 is 0 Å². The zero-order valence-electron chi connectivity index (χ0n) is 9.86. The monoisotopic (exact) mass is 211 g/mol. The van der Waals surface area contributed by atoms with Crippen LogP contribution in [0.2, 0.25) is 0 Å². The smallest absolute Gasteiger partial charge is 0.109 e. The normalized spacial score (nSPS) is 13.0. The van der Waals surface area contributed by atoms with Crippen LogP contribution >= 0.6 is 0 Å². The van der Waals surface area contributed by atoms with E-state index in [-0.39, 0.29) is 0 Å². The van der Waals surface area contributed by atoms with Gasteiger partial charge in [-0.3, -0.25) is 0 Å². The Labute approximate surface area is 91.7 Å². The molecule has 1 unspecified atom stereocenters. The second-order valence-corrected chi connectivity index (χ2v) is 3.69. The number of hydrogen-bond acceptors (Lipinski definition) is 3. The number of methoxy groups -OCH3 is 1. The lowest BCUT2D eigenvalue weighted by Gasteiger charge is -2.17. The lowest BCUT2D eigenvalue weighted by atomic mass is 10.1. The van der Waals surface area contributed by atoms with Crippen LogP contribution in [0.3, 0.4) is 0 Å². The summed E-state index contributed by atoms with van der Waals surface area (Å²) in [5.74, 6) is 1.12. The Hall–Kier alpha value is -0.870.